The van der Waals surface area contributed by atoms with Gasteiger partial charge in [-0.2, -0.15) is 0 Å². The highest BCUT2D eigenvalue weighted by molar-refractivity contribution is 6.02. The highest BCUT2D eigenvalue weighted by Gasteiger charge is 2.21. The van der Waals surface area contributed by atoms with E-state index in [-0.39, 0.29) is 42.2 Å². The number of nitrogens with zero attached hydrogens (tertiary/aromatic N) is 2. The standard InChI is InChI=1S/C26H24FN3O4/c1-29(2)22-12-11-21(28-25(31)23-5-3-13-33-23)15-19(22)17-30(26(32)24-6-4-14-34-24)16-18-7-9-20(27)10-8-18/h3-15H,16-17H2,1-2H3,(H,28,31). The van der Waals surface area contributed by atoms with Crippen molar-refractivity contribution in [3.05, 3.63) is 108 Å². The Labute approximate surface area is 196 Å². The lowest BCUT2D eigenvalue weighted by atomic mass is 10.1. The van der Waals surface area contributed by atoms with Crippen molar-refractivity contribution in [2.75, 3.05) is 24.3 Å². The first-order valence-electron chi connectivity index (χ1n) is 10.6. The molecule has 174 valence electrons. The maximum absolute atomic E-state index is 13.4. The van der Waals surface area contributed by atoms with E-state index in [1.165, 1.54) is 24.7 Å². The molecule has 1 N–H and O–H groups in total. The lowest BCUT2D eigenvalue weighted by Gasteiger charge is -2.26. The highest BCUT2D eigenvalue weighted by atomic mass is 19.1. The predicted molar refractivity (Wildman–Crippen MR) is 126 cm³/mol. The zero-order valence-corrected chi connectivity index (χ0v) is 18.8. The van der Waals surface area contributed by atoms with Crippen molar-refractivity contribution in [3.8, 4) is 0 Å². The van der Waals surface area contributed by atoms with E-state index >= 15 is 0 Å². The number of furan rings is 2. The molecule has 0 bridgehead atoms. The molecule has 0 unspecified atom stereocenters. The monoisotopic (exact) mass is 461 g/mol. The summed E-state index contributed by atoms with van der Waals surface area (Å²) in [4.78, 5) is 29.2. The summed E-state index contributed by atoms with van der Waals surface area (Å²) < 4.78 is 23.9. The number of nitrogens with one attached hydrogen (secondary N) is 1. The number of halogens is 1. The van der Waals surface area contributed by atoms with Crippen LogP contribution in [0.2, 0.25) is 0 Å². The molecule has 34 heavy (non-hydrogen) atoms. The molecule has 0 atom stereocenters. The van der Waals surface area contributed by atoms with E-state index in [2.05, 4.69) is 5.32 Å². The second-order valence-electron chi connectivity index (χ2n) is 7.93. The first kappa shape index (κ1) is 22.8. The smallest absolute Gasteiger partial charge is 0.291 e. The summed E-state index contributed by atoms with van der Waals surface area (Å²) in [7, 11) is 3.80. The molecule has 0 spiro atoms. The van der Waals surface area contributed by atoms with Gasteiger partial charge in [0.1, 0.15) is 5.82 Å². The van der Waals surface area contributed by atoms with Crippen LogP contribution in [-0.2, 0) is 13.1 Å². The van der Waals surface area contributed by atoms with Gasteiger partial charge in [0.2, 0.25) is 0 Å². The van der Waals surface area contributed by atoms with Gasteiger partial charge in [-0.05, 0) is 65.7 Å². The number of carbonyl (C=O) groups excluding carboxylic acids is 2. The van der Waals surface area contributed by atoms with Gasteiger partial charge < -0.3 is 24.0 Å². The fourth-order valence-electron chi connectivity index (χ4n) is 3.60. The molecule has 0 fully saturated rings. The van der Waals surface area contributed by atoms with Crippen LogP contribution >= 0.6 is 0 Å². The minimum atomic E-state index is -0.372. The molecule has 8 heteroatoms. The molecular formula is C26H24FN3O4. The Morgan fingerprint density at radius 3 is 2.18 bits per heavy atom. The maximum Gasteiger partial charge on any atom is 0.291 e. The first-order chi connectivity index (χ1) is 16.4. The molecule has 0 saturated heterocycles. The maximum atomic E-state index is 13.4. The van der Waals surface area contributed by atoms with Gasteiger partial charge in [-0.25, -0.2) is 4.39 Å². The minimum Gasteiger partial charge on any atom is -0.459 e. The summed E-state index contributed by atoms with van der Waals surface area (Å²) in [5.41, 5.74) is 3.03. The molecule has 4 aromatic rings. The van der Waals surface area contributed by atoms with Crippen molar-refractivity contribution in [1.82, 2.24) is 4.90 Å². The quantitative estimate of drug-likeness (QED) is 0.392. The zero-order chi connectivity index (χ0) is 24.1. The van der Waals surface area contributed by atoms with Crippen LogP contribution in [0.3, 0.4) is 0 Å². The SMILES string of the molecule is CN(C)c1ccc(NC(=O)c2ccco2)cc1CN(Cc1ccc(F)cc1)C(=O)c1ccco1. The van der Waals surface area contributed by atoms with Gasteiger partial charge in [0.15, 0.2) is 11.5 Å². The molecule has 7 nitrogen and oxygen atoms in total. The van der Waals surface area contributed by atoms with E-state index in [4.69, 9.17) is 8.83 Å². The van der Waals surface area contributed by atoms with E-state index in [0.717, 1.165) is 16.8 Å². The molecule has 2 amide bonds. The Bertz CT molecular complexity index is 1250. The van der Waals surface area contributed by atoms with Crippen LogP contribution in [0, 0.1) is 5.82 Å². The van der Waals surface area contributed by atoms with Gasteiger partial charge in [0.25, 0.3) is 11.8 Å². The van der Waals surface area contributed by atoms with Crippen LogP contribution in [0.1, 0.15) is 32.2 Å². The van der Waals surface area contributed by atoms with E-state index in [1.807, 2.05) is 31.1 Å². The summed E-state index contributed by atoms with van der Waals surface area (Å²) in [5, 5.41) is 2.82. The fourth-order valence-corrected chi connectivity index (χ4v) is 3.60. The lowest BCUT2D eigenvalue weighted by Crippen LogP contribution is -2.30. The number of benzene rings is 2. The van der Waals surface area contributed by atoms with Gasteiger partial charge in [-0.3, -0.25) is 9.59 Å². The van der Waals surface area contributed by atoms with Crippen molar-refractivity contribution in [2.24, 2.45) is 0 Å². The van der Waals surface area contributed by atoms with Crippen LogP contribution in [0.4, 0.5) is 15.8 Å². The van der Waals surface area contributed by atoms with Crippen LogP contribution < -0.4 is 10.2 Å². The average molecular weight is 461 g/mol. The number of hydrogen-bond donors (Lipinski definition) is 1. The van der Waals surface area contributed by atoms with Crippen molar-refractivity contribution in [1.29, 1.82) is 0 Å². The molecule has 2 heterocycles. The van der Waals surface area contributed by atoms with Crippen LogP contribution in [-0.4, -0.2) is 30.8 Å². The zero-order valence-electron chi connectivity index (χ0n) is 18.8. The fraction of sp³-hybridized carbons (Fsp3) is 0.154. The highest BCUT2D eigenvalue weighted by Crippen LogP contribution is 2.26. The number of rotatable bonds is 8. The average Bonchev–Trinajstić information content (AvgIpc) is 3.54. The van der Waals surface area contributed by atoms with Gasteiger partial charge >= 0.3 is 0 Å². The molecular weight excluding hydrogens is 437 g/mol. The molecule has 0 aliphatic carbocycles. The Balaban J connectivity index is 1.64. The minimum absolute atomic E-state index is 0.198. The summed E-state index contributed by atoms with van der Waals surface area (Å²) in [5.74, 6) is -0.616. The number of carbonyl (C=O) groups is 2. The van der Waals surface area contributed by atoms with E-state index in [1.54, 1.807) is 47.4 Å². The summed E-state index contributed by atoms with van der Waals surface area (Å²) >= 11 is 0. The Morgan fingerprint density at radius 2 is 1.56 bits per heavy atom. The largest absolute Gasteiger partial charge is 0.459 e. The lowest BCUT2D eigenvalue weighted by molar-refractivity contribution is 0.0697. The van der Waals surface area contributed by atoms with Gasteiger partial charge in [-0.15, -0.1) is 0 Å². The Hall–Kier alpha value is -4.33. The summed E-state index contributed by atoms with van der Waals surface area (Å²) in [6.07, 6.45) is 2.88. The second-order valence-corrected chi connectivity index (χ2v) is 7.93. The van der Waals surface area contributed by atoms with E-state index in [9.17, 15) is 14.0 Å². The van der Waals surface area contributed by atoms with E-state index in [0.29, 0.717) is 5.69 Å². The number of anilines is 2. The number of hydrogen-bond acceptors (Lipinski definition) is 5. The molecule has 0 radical (unpaired) electrons. The van der Waals surface area contributed by atoms with Gasteiger partial charge in [0, 0.05) is 38.6 Å². The van der Waals surface area contributed by atoms with Gasteiger partial charge in [0.05, 0.1) is 12.5 Å². The van der Waals surface area contributed by atoms with E-state index < -0.39 is 0 Å². The molecule has 0 saturated carbocycles. The topological polar surface area (TPSA) is 78.9 Å². The third-order valence-electron chi connectivity index (χ3n) is 5.23. The molecule has 2 aromatic heterocycles. The van der Waals surface area contributed by atoms with Crippen molar-refractivity contribution in [2.45, 2.75) is 13.1 Å². The third kappa shape index (κ3) is 5.35. The third-order valence-corrected chi connectivity index (χ3v) is 5.23. The van der Waals surface area contributed by atoms with Crippen molar-refractivity contribution < 1.29 is 22.8 Å². The number of amides is 2. The molecule has 0 aliphatic heterocycles. The van der Waals surface area contributed by atoms with Crippen LogP contribution in [0.5, 0.6) is 0 Å². The summed E-state index contributed by atoms with van der Waals surface area (Å²) in [6.45, 7) is 0.477. The van der Waals surface area contributed by atoms with Crippen LogP contribution in [0.25, 0.3) is 0 Å². The summed E-state index contributed by atoms with van der Waals surface area (Å²) in [6, 6.07) is 18.0. The van der Waals surface area contributed by atoms with Crippen molar-refractivity contribution >= 4 is 23.2 Å². The molecule has 4 rings (SSSR count). The second kappa shape index (κ2) is 10.1. The Morgan fingerprint density at radius 1 is 0.882 bits per heavy atom. The van der Waals surface area contributed by atoms with Crippen LogP contribution in [0.15, 0.2) is 88.1 Å². The van der Waals surface area contributed by atoms with Gasteiger partial charge in [-0.1, -0.05) is 12.1 Å². The normalized spacial score (nSPS) is 10.7. The molecule has 2 aromatic carbocycles. The Kier molecular flexibility index (Phi) is 6.77. The molecule has 0 aliphatic rings. The first-order valence-corrected chi connectivity index (χ1v) is 10.6. The predicted octanol–water partition coefficient (Wildman–Crippen LogP) is 5.17. The van der Waals surface area contributed by atoms with Crippen molar-refractivity contribution in [3.63, 3.8) is 0 Å².